The van der Waals surface area contributed by atoms with E-state index in [-0.39, 0.29) is 11.8 Å². The zero-order chi connectivity index (χ0) is 18.7. The van der Waals surface area contributed by atoms with Crippen LogP contribution in [0.1, 0.15) is 32.1 Å². The van der Waals surface area contributed by atoms with Crippen LogP contribution in [0.25, 0.3) is 0 Å². The van der Waals surface area contributed by atoms with Gasteiger partial charge in [-0.2, -0.15) is 0 Å². The lowest BCUT2D eigenvalue weighted by molar-refractivity contribution is -0.143. The summed E-state index contributed by atoms with van der Waals surface area (Å²) >= 11 is 0. The molecule has 142 valence electrons. The molecule has 1 saturated carbocycles. The van der Waals surface area contributed by atoms with Gasteiger partial charge >= 0.3 is 0 Å². The Labute approximate surface area is 153 Å². The van der Waals surface area contributed by atoms with Gasteiger partial charge in [0.25, 0.3) is 0 Å². The molecule has 2 aliphatic rings. The summed E-state index contributed by atoms with van der Waals surface area (Å²) in [6.07, 6.45) is 4.36. The topological polar surface area (TPSA) is 77.1 Å². The molecule has 1 N–H and O–H groups in total. The largest absolute Gasteiger partial charge is 0.493 e. The summed E-state index contributed by atoms with van der Waals surface area (Å²) in [5, 5.41) is 2.86. The van der Waals surface area contributed by atoms with Gasteiger partial charge in [0.1, 0.15) is 5.41 Å². The lowest BCUT2D eigenvalue weighted by Crippen LogP contribution is -2.45. The lowest BCUT2D eigenvalue weighted by Gasteiger charge is -2.30. The molecule has 1 aromatic carbocycles. The van der Waals surface area contributed by atoms with Crippen LogP contribution in [0.15, 0.2) is 12.1 Å². The van der Waals surface area contributed by atoms with Gasteiger partial charge in [0.15, 0.2) is 11.5 Å². The molecule has 0 bridgehead atoms. The Kier molecular flexibility index (Phi) is 5.25. The first-order valence-corrected chi connectivity index (χ1v) is 8.96. The molecule has 1 aliphatic carbocycles. The number of carbonyl (C=O) groups excluding carboxylic acids is 2. The van der Waals surface area contributed by atoms with Crippen molar-refractivity contribution in [3.05, 3.63) is 12.1 Å². The van der Waals surface area contributed by atoms with Crippen molar-refractivity contribution in [1.82, 2.24) is 4.90 Å². The number of benzene rings is 1. The number of carbonyl (C=O) groups is 2. The number of hydrogen-bond acceptors (Lipinski definition) is 5. The van der Waals surface area contributed by atoms with Crippen molar-refractivity contribution in [2.24, 2.45) is 5.41 Å². The van der Waals surface area contributed by atoms with Gasteiger partial charge in [0, 0.05) is 30.9 Å². The highest BCUT2D eigenvalue weighted by molar-refractivity contribution is 6.13. The van der Waals surface area contributed by atoms with Crippen LogP contribution >= 0.6 is 0 Å². The minimum Gasteiger partial charge on any atom is -0.493 e. The smallest absolute Gasteiger partial charge is 0.240 e. The number of nitrogens with zero attached hydrogens (tertiary/aromatic N) is 1. The van der Waals surface area contributed by atoms with Crippen LogP contribution in [0.4, 0.5) is 5.69 Å². The summed E-state index contributed by atoms with van der Waals surface area (Å²) in [5.74, 6) is 1.06. The average Bonchev–Trinajstić information content (AvgIpc) is 3.49. The van der Waals surface area contributed by atoms with E-state index in [1.54, 1.807) is 12.1 Å². The number of hydrogen-bond donors (Lipinski definition) is 1. The summed E-state index contributed by atoms with van der Waals surface area (Å²) in [7, 11) is 4.56. The van der Waals surface area contributed by atoms with Gasteiger partial charge in [-0.1, -0.05) is 0 Å². The number of piperidine rings is 1. The first-order valence-electron chi connectivity index (χ1n) is 8.96. The van der Waals surface area contributed by atoms with Crippen molar-refractivity contribution >= 4 is 17.5 Å². The zero-order valence-corrected chi connectivity index (χ0v) is 15.6. The monoisotopic (exact) mass is 362 g/mol. The Morgan fingerprint density at radius 2 is 1.54 bits per heavy atom. The molecule has 0 unspecified atom stereocenters. The summed E-state index contributed by atoms with van der Waals surface area (Å²) in [6, 6.07) is 3.33. The van der Waals surface area contributed by atoms with Crippen molar-refractivity contribution in [3.63, 3.8) is 0 Å². The van der Waals surface area contributed by atoms with Gasteiger partial charge in [-0.25, -0.2) is 0 Å². The van der Waals surface area contributed by atoms with Crippen molar-refractivity contribution in [1.29, 1.82) is 0 Å². The van der Waals surface area contributed by atoms with Crippen LogP contribution in [0.2, 0.25) is 0 Å². The highest BCUT2D eigenvalue weighted by Gasteiger charge is 2.58. The maximum Gasteiger partial charge on any atom is 0.240 e. The molecule has 1 heterocycles. The van der Waals surface area contributed by atoms with E-state index in [4.69, 9.17) is 14.2 Å². The van der Waals surface area contributed by atoms with Crippen LogP contribution in [-0.4, -0.2) is 51.1 Å². The number of anilines is 1. The second-order valence-corrected chi connectivity index (χ2v) is 6.80. The average molecular weight is 362 g/mol. The van der Waals surface area contributed by atoms with Crippen molar-refractivity contribution in [2.75, 3.05) is 39.7 Å². The predicted molar refractivity (Wildman–Crippen MR) is 96.8 cm³/mol. The standard InChI is InChI=1S/C19H26N2O5/c1-24-14-11-13(12-15(25-2)16(14)26-3)20-17(22)19(7-8-19)18(23)21-9-5-4-6-10-21/h11-12H,4-10H2,1-3H3,(H,20,22). The number of nitrogens with one attached hydrogen (secondary N) is 1. The molecule has 1 aliphatic heterocycles. The lowest BCUT2D eigenvalue weighted by atomic mass is 10.0. The van der Waals surface area contributed by atoms with Crippen LogP contribution in [-0.2, 0) is 9.59 Å². The summed E-state index contributed by atoms with van der Waals surface area (Å²) < 4.78 is 15.9. The number of methoxy groups -OCH3 is 3. The molecule has 0 aromatic heterocycles. The Hall–Kier alpha value is -2.44. The summed E-state index contributed by atoms with van der Waals surface area (Å²) in [5.41, 5.74) is -0.403. The minimum atomic E-state index is -0.919. The van der Waals surface area contributed by atoms with Gasteiger partial charge in [0.2, 0.25) is 17.6 Å². The molecule has 2 amide bonds. The van der Waals surface area contributed by atoms with Gasteiger partial charge < -0.3 is 24.4 Å². The number of ether oxygens (including phenoxy) is 3. The summed E-state index contributed by atoms with van der Waals surface area (Å²) in [6.45, 7) is 1.50. The highest BCUT2D eigenvalue weighted by atomic mass is 16.5. The molecule has 0 spiro atoms. The van der Waals surface area contributed by atoms with Crippen molar-refractivity contribution < 1.29 is 23.8 Å². The molecule has 7 heteroatoms. The third kappa shape index (κ3) is 3.30. The maximum atomic E-state index is 12.9. The third-order valence-electron chi connectivity index (χ3n) is 5.16. The normalized spacial score (nSPS) is 18.0. The van der Waals surface area contributed by atoms with Crippen LogP contribution in [0, 0.1) is 5.41 Å². The number of rotatable bonds is 6. The molecule has 0 atom stereocenters. The molecular formula is C19H26N2O5. The molecule has 1 saturated heterocycles. The fourth-order valence-electron chi connectivity index (χ4n) is 3.47. The van der Waals surface area contributed by atoms with E-state index in [9.17, 15) is 9.59 Å². The predicted octanol–water partition coefficient (Wildman–Crippen LogP) is 2.44. The Bertz CT molecular complexity index is 668. The second kappa shape index (κ2) is 7.43. The molecule has 2 fully saturated rings. The maximum absolute atomic E-state index is 12.9. The molecular weight excluding hydrogens is 336 g/mol. The van der Waals surface area contributed by atoms with E-state index in [0.717, 1.165) is 32.4 Å². The van der Waals surface area contributed by atoms with Gasteiger partial charge in [-0.05, 0) is 32.1 Å². The first kappa shape index (κ1) is 18.4. The molecule has 1 aromatic rings. The Balaban J connectivity index is 1.78. The molecule has 7 nitrogen and oxygen atoms in total. The molecule has 0 radical (unpaired) electrons. The van der Waals surface area contributed by atoms with Crippen molar-refractivity contribution in [3.8, 4) is 17.2 Å². The third-order valence-corrected chi connectivity index (χ3v) is 5.16. The summed E-state index contributed by atoms with van der Waals surface area (Å²) in [4.78, 5) is 27.6. The van der Waals surface area contributed by atoms with Gasteiger partial charge in [-0.15, -0.1) is 0 Å². The fourth-order valence-corrected chi connectivity index (χ4v) is 3.47. The minimum absolute atomic E-state index is 0.0397. The zero-order valence-electron chi connectivity index (χ0n) is 15.6. The Morgan fingerprint density at radius 1 is 0.962 bits per heavy atom. The van der Waals surface area contributed by atoms with E-state index >= 15 is 0 Å². The second-order valence-electron chi connectivity index (χ2n) is 6.80. The molecule has 26 heavy (non-hydrogen) atoms. The fraction of sp³-hybridized carbons (Fsp3) is 0.579. The highest BCUT2D eigenvalue weighted by Crippen LogP contribution is 2.49. The van der Waals surface area contributed by atoms with Gasteiger partial charge in [-0.3, -0.25) is 9.59 Å². The number of likely N-dealkylation sites (tertiary alicyclic amines) is 1. The van der Waals surface area contributed by atoms with Crippen molar-refractivity contribution in [2.45, 2.75) is 32.1 Å². The first-order chi connectivity index (χ1) is 12.6. The van der Waals surface area contributed by atoms with E-state index in [2.05, 4.69) is 5.32 Å². The van der Waals surface area contributed by atoms with E-state index in [1.165, 1.54) is 21.3 Å². The quantitative estimate of drug-likeness (QED) is 0.787. The van der Waals surface area contributed by atoms with E-state index in [1.807, 2.05) is 4.90 Å². The SMILES string of the molecule is COc1cc(NC(=O)C2(C(=O)N3CCCCC3)CC2)cc(OC)c1OC. The van der Waals surface area contributed by atoms with Crippen LogP contribution in [0.3, 0.4) is 0 Å². The van der Waals surface area contributed by atoms with Gasteiger partial charge in [0.05, 0.1) is 21.3 Å². The van der Waals surface area contributed by atoms with Crippen LogP contribution in [0.5, 0.6) is 17.2 Å². The Morgan fingerprint density at radius 3 is 2.00 bits per heavy atom. The van der Waals surface area contributed by atoms with E-state index < -0.39 is 5.41 Å². The number of amides is 2. The van der Waals surface area contributed by atoms with E-state index in [0.29, 0.717) is 35.8 Å². The molecule has 3 rings (SSSR count). The van der Waals surface area contributed by atoms with Crippen LogP contribution < -0.4 is 19.5 Å².